The van der Waals surface area contributed by atoms with Gasteiger partial charge in [0.2, 0.25) is 0 Å². The Hall–Kier alpha value is -2.53. The Kier molecular flexibility index (Phi) is 5.76. The van der Waals surface area contributed by atoms with Crippen LogP contribution >= 0.6 is 11.3 Å². The molecule has 5 heteroatoms. The van der Waals surface area contributed by atoms with Gasteiger partial charge in [-0.3, -0.25) is 9.78 Å². The molecule has 1 fully saturated rings. The highest BCUT2D eigenvalue weighted by Crippen LogP contribution is 2.29. The molecule has 1 aliphatic rings. The van der Waals surface area contributed by atoms with E-state index >= 15 is 0 Å². The average Bonchev–Trinajstić information content (AvgIpc) is 3.13. The fraction of sp³-hybridized carbons (Fsp3) is 0.375. The quantitative estimate of drug-likeness (QED) is 0.608. The Bertz CT molecular complexity index is 1030. The van der Waals surface area contributed by atoms with E-state index in [0.717, 1.165) is 54.3 Å². The van der Waals surface area contributed by atoms with Gasteiger partial charge in [-0.25, -0.2) is 4.98 Å². The lowest BCUT2D eigenvalue weighted by Gasteiger charge is -2.32. The number of benzene rings is 1. The van der Waals surface area contributed by atoms with Gasteiger partial charge in [-0.2, -0.15) is 0 Å². The molecule has 1 atom stereocenters. The zero-order valence-electron chi connectivity index (χ0n) is 17.3. The van der Waals surface area contributed by atoms with Crippen LogP contribution in [-0.4, -0.2) is 33.9 Å². The zero-order valence-corrected chi connectivity index (χ0v) is 18.1. The maximum Gasteiger partial charge on any atom is 0.265 e. The molecule has 0 radical (unpaired) electrons. The molecule has 1 aliphatic heterocycles. The van der Waals surface area contributed by atoms with E-state index in [-0.39, 0.29) is 11.8 Å². The largest absolute Gasteiger partial charge is 0.337 e. The van der Waals surface area contributed by atoms with E-state index < -0.39 is 0 Å². The number of carbonyl (C=O) groups excluding carboxylic acids is 1. The van der Waals surface area contributed by atoms with E-state index in [1.807, 2.05) is 11.8 Å². The molecule has 2 aromatic heterocycles. The fourth-order valence-corrected chi connectivity index (χ4v) is 4.96. The highest BCUT2D eigenvalue weighted by Gasteiger charge is 2.28. The van der Waals surface area contributed by atoms with Crippen LogP contribution in [0.4, 0.5) is 0 Å². The molecule has 1 aromatic carbocycles. The second kappa shape index (κ2) is 8.46. The van der Waals surface area contributed by atoms with Gasteiger partial charge in [0.1, 0.15) is 4.88 Å². The van der Waals surface area contributed by atoms with Crippen molar-refractivity contribution in [1.82, 2.24) is 14.9 Å². The second-order valence-electron chi connectivity index (χ2n) is 8.06. The fourth-order valence-electron chi connectivity index (χ4n) is 4.19. The third-order valence-corrected chi connectivity index (χ3v) is 6.51. The average molecular weight is 406 g/mol. The number of nitrogens with zero attached hydrogens (tertiary/aromatic N) is 3. The number of amides is 1. The lowest BCUT2D eigenvalue weighted by Crippen LogP contribution is -2.39. The van der Waals surface area contributed by atoms with E-state index in [4.69, 9.17) is 4.98 Å². The first kappa shape index (κ1) is 19.8. The van der Waals surface area contributed by atoms with Crippen molar-refractivity contribution in [2.45, 2.75) is 46.0 Å². The number of aromatic nitrogens is 2. The third kappa shape index (κ3) is 4.56. The van der Waals surface area contributed by atoms with Gasteiger partial charge in [0, 0.05) is 30.4 Å². The number of thiazole rings is 1. The SMILES string of the molecule is Cc1cccc(Cc2cc(C)nc(C3CCCN(C(=O)c4scnc4C)C3)c2)c1. The summed E-state index contributed by atoms with van der Waals surface area (Å²) >= 11 is 1.44. The van der Waals surface area contributed by atoms with Crippen LogP contribution in [0.2, 0.25) is 0 Å². The van der Waals surface area contributed by atoms with E-state index in [0.29, 0.717) is 0 Å². The predicted molar refractivity (Wildman–Crippen MR) is 118 cm³/mol. The van der Waals surface area contributed by atoms with Gasteiger partial charge in [-0.15, -0.1) is 11.3 Å². The molecule has 0 aliphatic carbocycles. The summed E-state index contributed by atoms with van der Waals surface area (Å²) < 4.78 is 0. The van der Waals surface area contributed by atoms with Crippen LogP contribution in [0.3, 0.4) is 0 Å². The maximum atomic E-state index is 12.9. The summed E-state index contributed by atoms with van der Waals surface area (Å²) in [5.41, 5.74) is 8.65. The minimum atomic E-state index is 0.113. The summed E-state index contributed by atoms with van der Waals surface area (Å²) in [6.07, 6.45) is 3.00. The minimum absolute atomic E-state index is 0.113. The number of rotatable bonds is 4. The van der Waals surface area contributed by atoms with Gasteiger partial charge in [-0.1, -0.05) is 29.8 Å². The first-order valence-corrected chi connectivity index (χ1v) is 11.1. The number of piperidine rings is 1. The van der Waals surface area contributed by atoms with Gasteiger partial charge < -0.3 is 4.90 Å². The van der Waals surface area contributed by atoms with Crippen molar-refractivity contribution in [3.63, 3.8) is 0 Å². The summed E-state index contributed by atoms with van der Waals surface area (Å²) in [5.74, 6) is 0.402. The van der Waals surface area contributed by atoms with Crippen LogP contribution in [0.1, 0.15) is 62.2 Å². The van der Waals surface area contributed by atoms with Gasteiger partial charge in [0.15, 0.2) is 0 Å². The summed E-state index contributed by atoms with van der Waals surface area (Å²) in [6.45, 7) is 7.65. The molecule has 1 amide bonds. The van der Waals surface area contributed by atoms with Crippen LogP contribution in [-0.2, 0) is 6.42 Å². The molecular formula is C24H27N3OS. The van der Waals surface area contributed by atoms with Crippen LogP contribution in [0.5, 0.6) is 0 Å². The molecule has 150 valence electrons. The summed E-state index contributed by atoms with van der Waals surface area (Å²) in [7, 11) is 0. The number of likely N-dealkylation sites (tertiary alicyclic amines) is 1. The highest BCUT2D eigenvalue weighted by molar-refractivity contribution is 7.11. The molecule has 4 nitrogen and oxygen atoms in total. The summed E-state index contributed by atoms with van der Waals surface area (Å²) in [4.78, 5) is 24.8. The monoisotopic (exact) mass is 405 g/mol. The Morgan fingerprint density at radius 1 is 1.17 bits per heavy atom. The molecule has 3 aromatic rings. The molecule has 0 saturated carbocycles. The molecule has 0 spiro atoms. The number of aryl methyl sites for hydroxylation is 3. The topological polar surface area (TPSA) is 46.1 Å². The lowest BCUT2D eigenvalue weighted by molar-refractivity contribution is 0.0710. The number of hydrogen-bond donors (Lipinski definition) is 0. The van der Waals surface area contributed by atoms with Crippen molar-refractivity contribution in [3.05, 3.63) is 80.6 Å². The van der Waals surface area contributed by atoms with E-state index in [2.05, 4.69) is 55.2 Å². The maximum absolute atomic E-state index is 12.9. The lowest BCUT2D eigenvalue weighted by atomic mass is 9.92. The Morgan fingerprint density at radius 2 is 2.03 bits per heavy atom. The van der Waals surface area contributed by atoms with E-state index in [9.17, 15) is 4.79 Å². The molecule has 1 unspecified atom stereocenters. The minimum Gasteiger partial charge on any atom is -0.337 e. The molecular weight excluding hydrogens is 378 g/mol. The first-order chi connectivity index (χ1) is 14.0. The molecule has 0 N–H and O–H groups in total. The van der Waals surface area contributed by atoms with Crippen molar-refractivity contribution in [3.8, 4) is 0 Å². The second-order valence-corrected chi connectivity index (χ2v) is 8.92. The summed E-state index contributed by atoms with van der Waals surface area (Å²) in [5, 5.41) is 0. The zero-order chi connectivity index (χ0) is 20.4. The van der Waals surface area contributed by atoms with E-state index in [1.54, 1.807) is 5.51 Å². The summed E-state index contributed by atoms with van der Waals surface area (Å²) in [6, 6.07) is 13.1. The van der Waals surface area contributed by atoms with Crippen LogP contribution < -0.4 is 0 Å². The Morgan fingerprint density at radius 3 is 2.79 bits per heavy atom. The van der Waals surface area contributed by atoms with Gasteiger partial charge in [0.25, 0.3) is 5.91 Å². The van der Waals surface area contributed by atoms with Crippen LogP contribution in [0.15, 0.2) is 41.9 Å². The molecule has 1 saturated heterocycles. The van der Waals surface area contributed by atoms with Crippen molar-refractivity contribution in [2.75, 3.05) is 13.1 Å². The van der Waals surface area contributed by atoms with Crippen LogP contribution in [0, 0.1) is 20.8 Å². The standard InChI is InChI=1S/C24H27N3OS/c1-16-6-4-7-19(10-16)12-20-11-17(2)26-22(13-20)21-8-5-9-27(14-21)24(28)23-18(3)25-15-29-23/h4,6-7,10-11,13,15,21H,5,8-9,12,14H2,1-3H3. The van der Waals surface area contributed by atoms with Crippen molar-refractivity contribution in [2.24, 2.45) is 0 Å². The highest BCUT2D eigenvalue weighted by atomic mass is 32.1. The molecule has 3 heterocycles. The van der Waals surface area contributed by atoms with Crippen LogP contribution in [0.25, 0.3) is 0 Å². The third-order valence-electron chi connectivity index (χ3n) is 5.59. The Labute approximate surface area is 176 Å². The van der Waals surface area contributed by atoms with Crippen molar-refractivity contribution < 1.29 is 4.79 Å². The van der Waals surface area contributed by atoms with Gasteiger partial charge >= 0.3 is 0 Å². The molecule has 29 heavy (non-hydrogen) atoms. The number of pyridine rings is 1. The predicted octanol–water partition coefficient (Wildman–Crippen LogP) is 5.07. The smallest absolute Gasteiger partial charge is 0.265 e. The Balaban J connectivity index is 1.53. The number of carbonyl (C=O) groups is 1. The van der Waals surface area contributed by atoms with Crippen molar-refractivity contribution >= 4 is 17.2 Å². The normalized spacial score (nSPS) is 16.8. The van der Waals surface area contributed by atoms with Gasteiger partial charge in [-0.05, 0) is 63.3 Å². The number of hydrogen-bond acceptors (Lipinski definition) is 4. The van der Waals surface area contributed by atoms with Crippen molar-refractivity contribution in [1.29, 1.82) is 0 Å². The molecule has 4 rings (SSSR count). The molecule has 0 bridgehead atoms. The van der Waals surface area contributed by atoms with Gasteiger partial charge in [0.05, 0.1) is 11.2 Å². The van der Waals surface area contributed by atoms with E-state index in [1.165, 1.54) is 28.0 Å². The first-order valence-electron chi connectivity index (χ1n) is 10.2.